The van der Waals surface area contributed by atoms with Gasteiger partial charge in [-0.3, -0.25) is 0 Å². The molecule has 0 N–H and O–H groups in total. The van der Waals surface area contributed by atoms with Crippen molar-refractivity contribution in [3.63, 3.8) is 0 Å². The molecular weight excluding hydrogens is 256 g/mol. The molecule has 0 aromatic rings. The lowest BCUT2D eigenvalue weighted by Crippen LogP contribution is -2.46. The van der Waals surface area contributed by atoms with E-state index < -0.39 is 8.80 Å². The Labute approximate surface area is 107 Å². The van der Waals surface area contributed by atoms with Gasteiger partial charge in [0.1, 0.15) is 18.3 Å². The first-order valence-corrected chi connectivity index (χ1v) is 8.00. The highest BCUT2D eigenvalue weighted by Crippen LogP contribution is 2.21. The van der Waals surface area contributed by atoms with Gasteiger partial charge in [-0.05, 0) is 5.70 Å². The molecule has 3 aliphatic rings. The standard InChI is InChI=1S/C11H18O6Si/c1-2-18(15-6-9-3-12-9,16-7-10-4-13-10)17-8-11-5-14-11/h2,9-11H,1,3-8H2. The van der Waals surface area contributed by atoms with Gasteiger partial charge in [-0.15, -0.1) is 0 Å². The van der Waals surface area contributed by atoms with Gasteiger partial charge in [0.15, 0.2) is 0 Å². The molecule has 3 aliphatic heterocycles. The van der Waals surface area contributed by atoms with Gasteiger partial charge in [0.05, 0.1) is 39.6 Å². The van der Waals surface area contributed by atoms with Crippen molar-refractivity contribution >= 4 is 8.80 Å². The Balaban J connectivity index is 1.51. The van der Waals surface area contributed by atoms with Crippen LogP contribution in [0, 0.1) is 0 Å². The lowest BCUT2D eigenvalue weighted by molar-refractivity contribution is 0.0564. The predicted molar refractivity (Wildman–Crippen MR) is 63.0 cm³/mol. The summed E-state index contributed by atoms with van der Waals surface area (Å²) in [5, 5.41) is 0. The minimum atomic E-state index is -2.81. The van der Waals surface area contributed by atoms with Crippen LogP contribution < -0.4 is 0 Å². The van der Waals surface area contributed by atoms with E-state index in [1.807, 2.05) is 0 Å². The molecule has 3 fully saturated rings. The zero-order chi connectivity index (χ0) is 12.4. The van der Waals surface area contributed by atoms with Crippen LogP contribution in [-0.2, 0) is 27.5 Å². The van der Waals surface area contributed by atoms with Crippen molar-refractivity contribution < 1.29 is 27.5 Å². The third kappa shape index (κ3) is 3.85. The van der Waals surface area contributed by atoms with Gasteiger partial charge in [-0.1, -0.05) is 6.58 Å². The third-order valence-corrected chi connectivity index (χ3v) is 5.08. The van der Waals surface area contributed by atoms with Gasteiger partial charge in [-0.25, -0.2) is 0 Å². The van der Waals surface area contributed by atoms with Crippen molar-refractivity contribution in [1.29, 1.82) is 0 Å². The van der Waals surface area contributed by atoms with E-state index in [9.17, 15) is 0 Å². The fourth-order valence-corrected chi connectivity index (χ4v) is 3.28. The van der Waals surface area contributed by atoms with E-state index in [1.165, 1.54) is 0 Å². The summed E-state index contributed by atoms with van der Waals surface area (Å²) in [5.74, 6) is 0. The van der Waals surface area contributed by atoms with E-state index in [4.69, 9.17) is 27.5 Å². The van der Waals surface area contributed by atoms with E-state index in [0.717, 1.165) is 19.8 Å². The number of hydrogen-bond acceptors (Lipinski definition) is 6. The fraction of sp³-hybridized carbons (Fsp3) is 0.818. The Morgan fingerprint density at radius 2 is 1.22 bits per heavy atom. The minimum absolute atomic E-state index is 0.179. The molecule has 3 unspecified atom stereocenters. The quantitative estimate of drug-likeness (QED) is 0.409. The lowest BCUT2D eigenvalue weighted by atomic mass is 10.5. The maximum Gasteiger partial charge on any atom is 0.529 e. The Morgan fingerprint density at radius 3 is 1.44 bits per heavy atom. The normalized spacial score (nSPS) is 35.9. The van der Waals surface area contributed by atoms with Crippen LogP contribution >= 0.6 is 0 Å². The highest BCUT2D eigenvalue weighted by atomic mass is 28.4. The van der Waals surface area contributed by atoms with E-state index in [2.05, 4.69) is 6.58 Å². The third-order valence-electron chi connectivity index (χ3n) is 2.87. The monoisotopic (exact) mass is 274 g/mol. The summed E-state index contributed by atoms with van der Waals surface area (Å²) in [6.07, 6.45) is 0.537. The molecule has 0 bridgehead atoms. The summed E-state index contributed by atoms with van der Waals surface area (Å²) in [6.45, 7) is 7.53. The number of rotatable bonds is 10. The maximum atomic E-state index is 5.80. The second-order valence-corrected chi connectivity index (χ2v) is 7.09. The topological polar surface area (TPSA) is 65.3 Å². The van der Waals surface area contributed by atoms with Gasteiger partial charge < -0.3 is 27.5 Å². The molecule has 102 valence electrons. The Morgan fingerprint density at radius 1 is 0.889 bits per heavy atom. The number of epoxide rings is 3. The van der Waals surface area contributed by atoms with Crippen molar-refractivity contribution in [2.45, 2.75) is 18.3 Å². The zero-order valence-corrected chi connectivity index (χ0v) is 11.2. The highest BCUT2D eigenvalue weighted by Gasteiger charge is 2.43. The number of hydrogen-bond donors (Lipinski definition) is 0. The van der Waals surface area contributed by atoms with Crippen LogP contribution in [0.2, 0.25) is 0 Å². The van der Waals surface area contributed by atoms with Crippen LogP contribution in [0.5, 0.6) is 0 Å². The van der Waals surface area contributed by atoms with Gasteiger partial charge in [0.25, 0.3) is 0 Å². The zero-order valence-electron chi connectivity index (χ0n) is 10.2. The molecule has 0 spiro atoms. The molecule has 0 aromatic heterocycles. The second-order valence-electron chi connectivity index (χ2n) is 4.61. The van der Waals surface area contributed by atoms with Gasteiger partial charge in [0, 0.05) is 0 Å². The number of ether oxygens (including phenoxy) is 3. The van der Waals surface area contributed by atoms with E-state index in [-0.39, 0.29) is 18.3 Å². The molecule has 0 amide bonds. The lowest BCUT2D eigenvalue weighted by Gasteiger charge is -2.25. The van der Waals surface area contributed by atoms with Crippen molar-refractivity contribution in [1.82, 2.24) is 0 Å². The molecule has 0 aliphatic carbocycles. The molecular formula is C11H18O6Si. The van der Waals surface area contributed by atoms with Crippen molar-refractivity contribution in [2.75, 3.05) is 39.6 Å². The molecule has 6 nitrogen and oxygen atoms in total. The molecule has 3 atom stereocenters. The maximum absolute atomic E-state index is 5.80. The average molecular weight is 274 g/mol. The van der Waals surface area contributed by atoms with Crippen molar-refractivity contribution in [3.05, 3.63) is 12.3 Å². The Kier molecular flexibility index (Phi) is 3.80. The van der Waals surface area contributed by atoms with E-state index in [1.54, 1.807) is 5.70 Å². The molecule has 7 heteroatoms. The first-order chi connectivity index (χ1) is 8.80. The molecule has 0 aromatic carbocycles. The van der Waals surface area contributed by atoms with Crippen LogP contribution in [0.1, 0.15) is 0 Å². The largest absolute Gasteiger partial charge is 0.529 e. The summed E-state index contributed by atoms with van der Waals surface area (Å²) in [4.78, 5) is 0. The van der Waals surface area contributed by atoms with Crippen LogP contribution in [0.15, 0.2) is 12.3 Å². The Hall–Kier alpha value is -0.283. The Bertz CT molecular complexity index is 259. The summed E-state index contributed by atoms with van der Waals surface area (Å²) in [6, 6.07) is 0. The van der Waals surface area contributed by atoms with Gasteiger partial charge >= 0.3 is 8.80 Å². The summed E-state index contributed by atoms with van der Waals surface area (Å²) in [7, 11) is -2.81. The van der Waals surface area contributed by atoms with Crippen molar-refractivity contribution in [3.8, 4) is 0 Å². The molecule has 0 saturated carbocycles. The fourth-order valence-electron chi connectivity index (χ4n) is 1.42. The second kappa shape index (κ2) is 5.38. The first-order valence-electron chi connectivity index (χ1n) is 6.20. The smallest absolute Gasteiger partial charge is 0.371 e. The summed E-state index contributed by atoms with van der Waals surface area (Å²) < 4.78 is 32.8. The SMILES string of the molecule is C=C[Si](OCC1CO1)(OCC1CO1)OCC1CO1. The van der Waals surface area contributed by atoms with E-state index >= 15 is 0 Å². The minimum Gasteiger partial charge on any atom is -0.371 e. The van der Waals surface area contributed by atoms with E-state index in [0.29, 0.717) is 19.8 Å². The van der Waals surface area contributed by atoms with Crippen LogP contribution in [0.25, 0.3) is 0 Å². The van der Waals surface area contributed by atoms with Crippen LogP contribution in [-0.4, -0.2) is 66.8 Å². The molecule has 3 rings (SSSR count). The summed E-state index contributed by atoms with van der Waals surface area (Å²) >= 11 is 0. The molecule has 0 radical (unpaired) electrons. The van der Waals surface area contributed by atoms with Gasteiger partial charge in [0.2, 0.25) is 0 Å². The van der Waals surface area contributed by atoms with Crippen LogP contribution in [0.3, 0.4) is 0 Å². The van der Waals surface area contributed by atoms with Crippen LogP contribution in [0.4, 0.5) is 0 Å². The molecule has 3 saturated heterocycles. The van der Waals surface area contributed by atoms with Crippen molar-refractivity contribution in [2.24, 2.45) is 0 Å². The summed E-state index contributed by atoms with van der Waals surface area (Å²) in [5.41, 5.74) is 1.67. The highest BCUT2D eigenvalue weighted by molar-refractivity contribution is 6.66. The molecule has 18 heavy (non-hydrogen) atoms. The van der Waals surface area contributed by atoms with Gasteiger partial charge in [-0.2, -0.15) is 0 Å². The molecule has 3 heterocycles. The predicted octanol–water partition coefficient (Wildman–Crippen LogP) is -0.103. The average Bonchev–Trinajstić information content (AvgIpc) is 3.26. The first kappa shape index (κ1) is 12.7.